The number of aliphatic imine (C=N–C) groups is 1. The Morgan fingerprint density at radius 3 is 2.34 bits per heavy atom. The van der Waals surface area contributed by atoms with Crippen molar-refractivity contribution in [2.45, 2.75) is 78.7 Å². The second-order valence-electron chi connectivity index (χ2n) is 8.92. The van der Waals surface area contributed by atoms with Crippen molar-refractivity contribution in [3.8, 4) is 0 Å². The van der Waals surface area contributed by atoms with Crippen molar-refractivity contribution >= 4 is 29.9 Å². The molecule has 2 rings (SSSR count). The molecule has 29 heavy (non-hydrogen) atoms. The van der Waals surface area contributed by atoms with Gasteiger partial charge in [-0.25, -0.2) is 0 Å². The van der Waals surface area contributed by atoms with Crippen molar-refractivity contribution in [2.24, 2.45) is 12.0 Å². The summed E-state index contributed by atoms with van der Waals surface area (Å²) < 4.78 is 7.84. The Morgan fingerprint density at radius 2 is 1.86 bits per heavy atom. The van der Waals surface area contributed by atoms with E-state index < -0.39 is 0 Å². The van der Waals surface area contributed by atoms with Crippen LogP contribution < -0.4 is 10.6 Å². The second kappa shape index (κ2) is 10.9. The van der Waals surface area contributed by atoms with Gasteiger partial charge in [0.15, 0.2) is 5.96 Å². The summed E-state index contributed by atoms with van der Waals surface area (Å²) >= 11 is 0. The smallest absolute Gasteiger partial charge is 0.191 e. The van der Waals surface area contributed by atoms with Crippen molar-refractivity contribution in [2.75, 3.05) is 26.7 Å². The number of aromatic nitrogens is 2. The van der Waals surface area contributed by atoms with Gasteiger partial charge in [-0.3, -0.25) is 14.6 Å². The van der Waals surface area contributed by atoms with Crippen LogP contribution >= 0.6 is 24.0 Å². The molecule has 3 unspecified atom stereocenters. The Bertz CT molecular complexity index is 677. The molecule has 1 aliphatic heterocycles. The highest BCUT2D eigenvalue weighted by Gasteiger charge is 2.33. The summed E-state index contributed by atoms with van der Waals surface area (Å²) in [6.07, 6.45) is 1.46. The number of halogens is 1. The van der Waals surface area contributed by atoms with E-state index in [2.05, 4.69) is 74.1 Å². The van der Waals surface area contributed by atoms with Crippen LogP contribution in [0.2, 0.25) is 0 Å². The zero-order valence-corrected chi connectivity index (χ0v) is 22.0. The molecule has 1 saturated heterocycles. The molecule has 2 N–H and O–H groups in total. The molecule has 0 spiro atoms. The van der Waals surface area contributed by atoms with Gasteiger partial charge in [-0.2, -0.15) is 5.10 Å². The van der Waals surface area contributed by atoms with Gasteiger partial charge in [0, 0.05) is 51.0 Å². The van der Waals surface area contributed by atoms with E-state index in [1.54, 1.807) is 0 Å². The molecule has 0 aromatic carbocycles. The van der Waals surface area contributed by atoms with Gasteiger partial charge in [-0.1, -0.05) is 0 Å². The first-order valence-corrected chi connectivity index (χ1v) is 10.4. The molecule has 0 aliphatic carbocycles. The fraction of sp³-hybridized carbons (Fsp3) is 0.810. The summed E-state index contributed by atoms with van der Waals surface area (Å²) in [5.74, 6) is 0.842. The lowest BCUT2D eigenvalue weighted by Crippen LogP contribution is -2.59. The summed E-state index contributed by atoms with van der Waals surface area (Å²) in [6.45, 7) is 18.0. The minimum Gasteiger partial charge on any atom is -0.373 e. The van der Waals surface area contributed by atoms with Gasteiger partial charge in [0.2, 0.25) is 0 Å². The minimum absolute atomic E-state index is 0. The molecule has 0 saturated carbocycles. The zero-order chi connectivity index (χ0) is 21.1. The lowest BCUT2D eigenvalue weighted by atomic mass is 10.00. The average Bonchev–Trinajstić information content (AvgIpc) is 2.84. The quantitative estimate of drug-likeness (QED) is 0.343. The summed E-state index contributed by atoms with van der Waals surface area (Å²) in [7, 11) is 3.83. The number of guanidine groups is 1. The molecule has 1 fully saturated rings. The highest BCUT2D eigenvalue weighted by molar-refractivity contribution is 14.0. The lowest BCUT2D eigenvalue weighted by Gasteiger charge is -2.45. The summed E-state index contributed by atoms with van der Waals surface area (Å²) in [5, 5.41) is 11.6. The Labute approximate surface area is 194 Å². The van der Waals surface area contributed by atoms with Gasteiger partial charge >= 0.3 is 0 Å². The Balaban J connectivity index is 0.00000420. The van der Waals surface area contributed by atoms with E-state index in [0.29, 0.717) is 0 Å². The molecule has 0 radical (unpaired) electrons. The third-order valence-electron chi connectivity index (χ3n) is 5.74. The maximum atomic E-state index is 5.88. The molecule has 168 valence electrons. The number of nitrogens with zero attached hydrogens (tertiary/aromatic N) is 4. The van der Waals surface area contributed by atoms with Crippen LogP contribution in [0.3, 0.4) is 0 Å². The Hall–Kier alpha value is -0.870. The number of hydrogen-bond donors (Lipinski definition) is 2. The monoisotopic (exact) mass is 520 g/mol. The number of rotatable bonds is 6. The van der Waals surface area contributed by atoms with E-state index in [1.807, 2.05) is 18.8 Å². The highest BCUT2D eigenvalue weighted by atomic mass is 127. The van der Waals surface area contributed by atoms with E-state index in [1.165, 1.54) is 11.3 Å². The van der Waals surface area contributed by atoms with Crippen LogP contribution in [0, 0.1) is 13.8 Å². The van der Waals surface area contributed by atoms with E-state index in [-0.39, 0.29) is 47.8 Å². The van der Waals surface area contributed by atoms with Crippen molar-refractivity contribution in [1.29, 1.82) is 0 Å². The molecule has 2 heterocycles. The van der Waals surface area contributed by atoms with Crippen LogP contribution in [0.4, 0.5) is 0 Å². The van der Waals surface area contributed by atoms with E-state index >= 15 is 0 Å². The molecule has 1 aromatic rings. The lowest BCUT2D eigenvalue weighted by molar-refractivity contribution is -0.0946. The minimum atomic E-state index is 0. The van der Waals surface area contributed by atoms with Crippen LogP contribution in [0.15, 0.2) is 4.99 Å². The molecular formula is C21H41IN6O. The SMILES string of the molecule is CN=C(NCC(C)(C)N1CC(C)OC(C)C1)NC(C)Cc1c(C)nn(C)c1C.I. The Kier molecular flexibility index (Phi) is 9.88. The maximum Gasteiger partial charge on any atom is 0.191 e. The normalized spacial score (nSPS) is 22.2. The highest BCUT2D eigenvalue weighted by Crippen LogP contribution is 2.20. The van der Waals surface area contributed by atoms with Gasteiger partial charge in [0.1, 0.15) is 0 Å². The zero-order valence-electron chi connectivity index (χ0n) is 19.7. The fourth-order valence-electron chi connectivity index (χ4n) is 3.98. The summed E-state index contributed by atoms with van der Waals surface area (Å²) in [4.78, 5) is 6.94. The summed E-state index contributed by atoms with van der Waals surface area (Å²) in [5.41, 5.74) is 3.66. The number of aryl methyl sites for hydroxylation is 2. The third kappa shape index (κ3) is 7.10. The first kappa shape index (κ1) is 26.2. The van der Waals surface area contributed by atoms with E-state index in [4.69, 9.17) is 4.74 Å². The van der Waals surface area contributed by atoms with Crippen molar-refractivity contribution < 1.29 is 4.74 Å². The number of morpholine rings is 1. The molecular weight excluding hydrogens is 479 g/mol. The fourth-order valence-corrected chi connectivity index (χ4v) is 3.98. The molecule has 0 bridgehead atoms. The standard InChI is InChI=1S/C21H40N6O.HI/c1-14(10-19-17(4)25-26(9)18(19)5)24-20(22-8)23-13-21(6,7)27-11-15(2)28-16(3)12-27;/h14-16H,10-13H2,1-9H3,(H2,22,23,24);1H. The first-order chi connectivity index (χ1) is 13.0. The van der Waals surface area contributed by atoms with E-state index in [0.717, 1.165) is 37.7 Å². The molecule has 8 heteroatoms. The summed E-state index contributed by atoms with van der Waals surface area (Å²) in [6, 6.07) is 0.263. The van der Waals surface area contributed by atoms with E-state index in [9.17, 15) is 0 Å². The molecule has 0 amide bonds. The molecule has 3 atom stereocenters. The number of hydrogen-bond acceptors (Lipinski definition) is 4. The first-order valence-electron chi connectivity index (χ1n) is 10.4. The number of ether oxygens (including phenoxy) is 1. The van der Waals surface area contributed by atoms with Crippen molar-refractivity contribution in [1.82, 2.24) is 25.3 Å². The average molecular weight is 521 g/mol. The molecule has 1 aliphatic rings. The van der Waals surface area contributed by atoms with Crippen LogP contribution in [0.25, 0.3) is 0 Å². The van der Waals surface area contributed by atoms with Gasteiger partial charge in [0.25, 0.3) is 0 Å². The molecule has 7 nitrogen and oxygen atoms in total. The van der Waals surface area contributed by atoms with Crippen molar-refractivity contribution in [3.63, 3.8) is 0 Å². The van der Waals surface area contributed by atoms with Gasteiger partial charge in [0.05, 0.1) is 17.9 Å². The molecule has 1 aromatic heterocycles. The van der Waals surface area contributed by atoms with Crippen LogP contribution in [-0.4, -0.2) is 71.1 Å². The largest absolute Gasteiger partial charge is 0.373 e. The number of nitrogens with one attached hydrogen (secondary N) is 2. The maximum absolute atomic E-state index is 5.88. The Morgan fingerprint density at radius 1 is 1.28 bits per heavy atom. The van der Waals surface area contributed by atoms with Crippen LogP contribution in [-0.2, 0) is 18.2 Å². The van der Waals surface area contributed by atoms with Gasteiger partial charge < -0.3 is 15.4 Å². The van der Waals surface area contributed by atoms with Gasteiger partial charge in [-0.05, 0) is 60.5 Å². The van der Waals surface area contributed by atoms with Crippen LogP contribution in [0.5, 0.6) is 0 Å². The van der Waals surface area contributed by atoms with Crippen LogP contribution in [0.1, 0.15) is 51.6 Å². The predicted molar refractivity (Wildman–Crippen MR) is 131 cm³/mol. The predicted octanol–water partition coefficient (Wildman–Crippen LogP) is 2.64. The van der Waals surface area contributed by atoms with Crippen molar-refractivity contribution in [3.05, 3.63) is 17.0 Å². The topological polar surface area (TPSA) is 66.7 Å². The third-order valence-corrected chi connectivity index (χ3v) is 5.74. The van der Waals surface area contributed by atoms with Gasteiger partial charge in [-0.15, -0.1) is 24.0 Å². The second-order valence-corrected chi connectivity index (χ2v) is 8.92.